The zero-order chi connectivity index (χ0) is 14.2. The molecule has 4 rings (SSSR count). The minimum atomic E-state index is 0.926. The molecular weight excluding hydrogens is 258 g/mol. The fourth-order valence-electron chi connectivity index (χ4n) is 3.20. The lowest BCUT2D eigenvalue weighted by molar-refractivity contribution is 0.243. The van der Waals surface area contributed by atoms with Gasteiger partial charge in [0.15, 0.2) is 0 Å². The Bertz CT molecular complexity index is 788. The molecule has 1 aromatic carbocycles. The van der Waals surface area contributed by atoms with Gasteiger partial charge < -0.3 is 4.40 Å². The maximum absolute atomic E-state index is 4.78. The third kappa shape index (κ3) is 2.34. The van der Waals surface area contributed by atoms with Gasteiger partial charge in [-0.3, -0.25) is 4.90 Å². The highest BCUT2D eigenvalue weighted by molar-refractivity contribution is 5.47. The summed E-state index contributed by atoms with van der Waals surface area (Å²) < 4.78 is 2.13. The molecule has 0 unspecified atom stereocenters. The maximum atomic E-state index is 4.78. The lowest BCUT2D eigenvalue weighted by Gasteiger charge is -2.27. The molecule has 2 aromatic heterocycles. The van der Waals surface area contributed by atoms with Gasteiger partial charge in [0.25, 0.3) is 0 Å². The average molecular weight is 277 g/mol. The van der Waals surface area contributed by atoms with E-state index in [1.165, 1.54) is 16.7 Å². The number of imidazole rings is 1. The quantitative estimate of drug-likeness (QED) is 0.717. The smallest absolute Gasteiger partial charge is 0.139 e. The van der Waals surface area contributed by atoms with Crippen LogP contribution in [0.2, 0.25) is 0 Å². The Morgan fingerprint density at radius 2 is 1.95 bits per heavy atom. The van der Waals surface area contributed by atoms with Gasteiger partial charge in [-0.15, -0.1) is 0 Å². The number of rotatable bonds is 2. The van der Waals surface area contributed by atoms with Crippen molar-refractivity contribution in [2.75, 3.05) is 6.54 Å². The molecule has 3 heteroatoms. The van der Waals surface area contributed by atoms with Crippen LogP contribution >= 0.6 is 0 Å². The van der Waals surface area contributed by atoms with E-state index in [0.717, 1.165) is 37.4 Å². The summed E-state index contributed by atoms with van der Waals surface area (Å²) >= 11 is 0. The van der Waals surface area contributed by atoms with Gasteiger partial charge in [0.2, 0.25) is 0 Å². The van der Waals surface area contributed by atoms with Gasteiger partial charge in [-0.25, -0.2) is 4.98 Å². The van der Waals surface area contributed by atoms with Gasteiger partial charge in [0, 0.05) is 32.0 Å². The van der Waals surface area contributed by atoms with Crippen LogP contribution in [-0.4, -0.2) is 20.8 Å². The molecule has 0 bridgehead atoms. The lowest BCUT2D eigenvalue weighted by atomic mass is 10.00. The largest absolute Gasteiger partial charge is 0.307 e. The molecule has 3 heterocycles. The topological polar surface area (TPSA) is 20.5 Å². The molecule has 106 valence electrons. The van der Waals surface area contributed by atoms with Crippen molar-refractivity contribution < 1.29 is 0 Å². The summed E-state index contributed by atoms with van der Waals surface area (Å²) in [5.41, 5.74) is 6.42. The van der Waals surface area contributed by atoms with E-state index in [1.807, 2.05) is 0 Å². The van der Waals surface area contributed by atoms with E-state index in [4.69, 9.17) is 4.98 Å². The van der Waals surface area contributed by atoms with Crippen LogP contribution < -0.4 is 0 Å². The predicted molar refractivity (Wildman–Crippen MR) is 84.2 cm³/mol. The second kappa shape index (κ2) is 5.01. The Balaban J connectivity index is 1.57. The molecule has 0 spiro atoms. The third-order valence-corrected chi connectivity index (χ3v) is 4.32. The van der Waals surface area contributed by atoms with Crippen LogP contribution in [0.15, 0.2) is 48.8 Å². The van der Waals surface area contributed by atoms with Gasteiger partial charge in [-0.05, 0) is 36.1 Å². The molecule has 3 aromatic rings. The third-order valence-electron chi connectivity index (χ3n) is 4.32. The Morgan fingerprint density at radius 3 is 2.81 bits per heavy atom. The highest BCUT2D eigenvalue weighted by atomic mass is 15.1. The zero-order valence-electron chi connectivity index (χ0n) is 12.3. The number of aryl methyl sites for hydroxylation is 1. The second-order valence-corrected chi connectivity index (χ2v) is 5.88. The van der Waals surface area contributed by atoms with Crippen LogP contribution in [0.1, 0.15) is 22.4 Å². The molecule has 3 nitrogen and oxygen atoms in total. The van der Waals surface area contributed by atoms with Crippen molar-refractivity contribution in [1.29, 1.82) is 0 Å². The van der Waals surface area contributed by atoms with Crippen LogP contribution in [0.3, 0.4) is 0 Å². The molecule has 0 saturated heterocycles. The summed E-state index contributed by atoms with van der Waals surface area (Å²) in [6, 6.07) is 13.0. The number of fused-ring (bicyclic) bond motifs is 2. The van der Waals surface area contributed by atoms with Crippen LogP contribution in [0.5, 0.6) is 0 Å². The molecule has 0 amide bonds. The number of hydrogen-bond donors (Lipinski definition) is 0. The van der Waals surface area contributed by atoms with E-state index in [0.29, 0.717) is 0 Å². The van der Waals surface area contributed by atoms with Crippen LogP contribution in [-0.2, 0) is 19.5 Å². The molecule has 0 atom stereocenters. The van der Waals surface area contributed by atoms with Crippen molar-refractivity contribution in [1.82, 2.24) is 14.3 Å². The molecule has 1 aliphatic rings. The Morgan fingerprint density at radius 1 is 1.10 bits per heavy atom. The number of nitrogens with zero attached hydrogens (tertiary/aromatic N) is 3. The first-order valence-electron chi connectivity index (χ1n) is 7.52. The van der Waals surface area contributed by atoms with E-state index in [9.17, 15) is 0 Å². The second-order valence-electron chi connectivity index (χ2n) is 5.88. The van der Waals surface area contributed by atoms with E-state index in [-0.39, 0.29) is 0 Å². The standard InChI is InChI=1S/C18H19N3/c1-14-5-4-9-21-13-17(19-18(14)21)12-20-10-8-15-6-2-3-7-16(15)11-20/h2-7,9,13H,8,10-12H2,1H3. The summed E-state index contributed by atoms with van der Waals surface area (Å²) in [5, 5.41) is 0. The molecule has 1 aliphatic heterocycles. The van der Waals surface area contributed by atoms with Gasteiger partial charge in [0.05, 0.1) is 5.69 Å². The minimum Gasteiger partial charge on any atom is -0.307 e. The van der Waals surface area contributed by atoms with Crippen LogP contribution in [0, 0.1) is 6.92 Å². The van der Waals surface area contributed by atoms with Crippen molar-refractivity contribution in [3.63, 3.8) is 0 Å². The van der Waals surface area contributed by atoms with Gasteiger partial charge >= 0.3 is 0 Å². The summed E-state index contributed by atoms with van der Waals surface area (Å²) in [4.78, 5) is 7.27. The number of hydrogen-bond acceptors (Lipinski definition) is 2. The first-order chi connectivity index (χ1) is 10.3. The van der Waals surface area contributed by atoms with E-state index in [2.05, 4.69) is 65.0 Å². The first-order valence-corrected chi connectivity index (χ1v) is 7.52. The minimum absolute atomic E-state index is 0.926. The van der Waals surface area contributed by atoms with E-state index in [1.54, 1.807) is 0 Å². The summed E-state index contributed by atoms with van der Waals surface area (Å²) in [6.07, 6.45) is 5.37. The number of aromatic nitrogens is 2. The molecule has 0 fully saturated rings. The molecule has 0 aliphatic carbocycles. The SMILES string of the molecule is Cc1cccn2cc(CN3CCc4ccccc4C3)nc12. The molecule has 0 radical (unpaired) electrons. The highest BCUT2D eigenvalue weighted by Gasteiger charge is 2.16. The molecule has 0 N–H and O–H groups in total. The highest BCUT2D eigenvalue weighted by Crippen LogP contribution is 2.20. The van der Waals surface area contributed by atoms with E-state index >= 15 is 0 Å². The van der Waals surface area contributed by atoms with Crippen molar-refractivity contribution in [3.05, 3.63) is 71.2 Å². The Hall–Kier alpha value is -2.13. The predicted octanol–water partition coefficient (Wildman–Crippen LogP) is 3.20. The Labute approximate surface area is 124 Å². The average Bonchev–Trinajstić information content (AvgIpc) is 2.91. The van der Waals surface area contributed by atoms with Crippen LogP contribution in [0.25, 0.3) is 5.65 Å². The molecule has 21 heavy (non-hydrogen) atoms. The number of benzene rings is 1. The normalized spacial score (nSPS) is 15.3. The van der Waals surface area contributed by atoms with Gasteiger partial charge in [0.1, 0.15) is 5.65 Å². The van der Waals surface area contributed by atoms with Crippen molar-refractivity contribution in [2.45, 2.75) is 26.4 Å². The van der Waals surface area contributed by atoms with Crippen molar-refractivity contribution in [2.24, 2.45) is 0 Å². The van der Waals surface area contributed by atoms with Crippen LogP contribution in [0.4, 0.5) is 0 Å². The zero-order valence-corrected chi connectivity index (χ0v) is 12.3. The fraction of sp³-hybridized carbons (Fsp3) is 0.278. The van der Waals surface area contributed by atoms with Crippen molar-refractivity contribution >= 4 is 5.65 Å². The van der Waals surface area contributed by atoms with Crippen molar-refractivity contribution in [3.8, 4) is 0 Å². The Kier molecular flexibility index (Phi) is 3.00. The summed E-state index contributed by atoms with van der Waals surface area (Å²) in [7, 11) is 0. The summed E-state index contributed by atoms with van der Waals surface area (Å²) in [5.74, 6) is 0. The molecule has 0 saturated carbocycles. The lowest BCUT2D eigenvalue weighted by Crippen LogP contribution is -2.30. The first kappa shape index (κ1) is 12.6. The van der Waals surface area contributed by atoms with Gasteiger partial charge in [-0.2, -0.15) is 0 Å². The maximum Gasteiger partial charge on any atom is 0.139 e. The summed E-state index contributed by atoms with van der Waals surface area (Å²) in [6.45, 7) is 5.19. The number of pyridine rings is 1. The van der Waals surface area contributed by atoms with Gasteiger partial charge in [-0.1, -0.05) is 30.3 Å². The molecular formula is C18H19N3. The van der Waals surface area contributed by atoms with E-state index < -0.39 is 0 Å². The fourth-order valence-corrected chi connectivity index (χ4v) is 3.20. The monoisotopic (exact) mass is 277 g/mol.